The Morgan fingerprint density at radius 3 is 2.50 bits per heavy atom. The molecule has 1 heteroatoms. The van der Waals surface area contributed by atoms with Gasteiger partial charge in [0.05, 0.1) is 0 Å². The molecule has 1 aromatic heterocycles. The van der Waals surface area contributed by atoms with Crippen LogP contribution in [0.4, 0.5) is 0 Å². The van der Waals surface area contributed by atoms with Crippen LogP contribution in [-0.2, 0) is 19.8 Å². The molecule has 5 rings (SSSR count). The van der Waals surface area contributed by atoms with Gasteiger partial charge in [-0.1, -0.05) is 49.2 Å². The molecule has 0 radical (unpaired) electrons. The number of nitrogens with zero attached hydrogens (tertiary/aromatic N) is 1. The van der Waals surface area contributed by atoms with Gasteiger partial charge in [0.15, 0.2) is 6.20 Å². The quantitative estimate of drug-likeness (QED) is 0.475. The van der Waals surface area contributed by atoms with Crippen molar-refractivity contribution in [1.29, 1.82) is 0 Å². The van der Waals surface area contributed by atoms with Crippen molar-refractivity contribution in [1.82, 2.24) is 0 Å². The van der Waals surface area contributed by atoms with Gasteiger partial charge in [-0.25, -0.2) is 4.57 Å². The highest BCUT2D eigenvalue weighted by Crippen LogP contribution is 2.49. The minimum atomic E-state index is -2.37. The number of fused-ring (bicyclic) bond motifs is 1. The van der Waals surface area contributed by atoms with E-state index in [1.807, 2.05) is 42.8 Å². The van der Waals surface area contributed by atoms with Crippen LogP contribution in [0.15, 0.2) is 54.7 Å². The van der Waals surface area contributed by atoms with Crippen LogP contribution in [0.1, 0.15) is 57.5 Å². The van der Waals surface area contributed by atoms with Gasteiger partial charge in [0.25, 0.3) is 0 Å². The molecule has 0 saturated heterocycles. The first kappa shape index (κ1) is 11.6. The van der Waals surface area contributed by atoms with Gasteiger partial charge in [-0.15, -0.1) is 0 Å². The van der Waals surface area contributed by atoms with Crippen LogP contribution in [0.25, 0.3) is 22.4 Å². The fraction of sp³-hybridized carbons (Fsp3) is 0.370. The molecular weight excluding hydrogens is 338 g/mol. The number of aryl methyl sites for hydroxylation is 3. The molecule has 142 valence electrons. The highest BCUT2D eigenvalue weighted by atomic mass is 14.9. The van der Waals surface area contributed by atoms with Crippen LogP contribution in [-0.4, -0.2) is 0 Å². The lowest BCUT2D eigenvalue weighted by Crippen LogP contribution is -2.31. The molecule has 0 N–H and O–H groups in total. The van der Waals surface area contributed by atoms with E-state index in [9.17, 15) is 0 Å². The van der Waals surface area contributed by atoms with E-state index in [4.69, 9.17) is 9.60 Å². The molecule has 1 fully saturated rings. The predicted octanol–water partition coefficient (Wildman–Crippen LogP) is 6.12. The van der Waals surface area contributed by atoms with Crippen molar-refractivity contribution >= 4 is 0 Å². The molecule has 1 heterocycles. The first-order valence-corrected chi connectivity index (χ1v) is 10.1. The largest absolute Gasteiger partial charge is 0.212 e. The molecule has 0 aliphatic heterocycles. The molecule has 0 bridgehead atoms. The number of benzene rings is 2. The summed E-state index contributed by atoms with van der Waals surface area (Å²) in [5.41, 5.74) is 3.76. The van der Waals surface area contributed by atoms with E-state index in [0.29, 0.717) is 35.1 Å². The molecule has 0 amide bonds. The predicted molar refractivity (Wildman–Crippen MR) is 116 cm³/mol. The Hall–Kier alpha value is -2.41. The zero-order valence-electron chi connectivity index (χ0n) is 23.5. The maximum atomic E-state index is 9.03. The Kier molecular flexibility index (Phi) is 2.72. The van der Waals surface area contributed by atoms with E-state index in [0.717, 1.165) is 29.7 Å². The van der Waals surface area contributed by atoms with Gasteiger partial charge in [-0.3, -0.25) is 0 Å². The second kappa shape index (κ2) is 6.58. The molecule has 0 atom stereocenters. The zero-order valence-corrected chi connectivity index (χ0v) is 16.5. The molecule has 1 nitrogen and oxygen atoms in total. The molecule has 0 unspecified atom stereocenters. The Morgan fingerprint density at radius 2 is 1.71 bits per heavy atom. The van der Waals surface area contributed by atoms with Gasteiger partial charge < -0.3 is 0 Å². The SMILES string of the molecule is [2H]C([2H])([2H])c1cc(-c2ccccc2C)[n+](C)cc1-c1ccc2c(c1)C([2H])([2H])C1(CCCC1)C2([2H])[2H]. The Bertz CT molecular complexity index is 1320. The van der Waals surface area contributed by atoms with Crippen LogP contribution in [0.5, 0.6) is 0 Å². The fourth-order valence-corrected chi connectivity index (χ4v) is 4.71. The molecule has 2 aromatic carbocycles. The lowest BCUT2D eigenvalue weighted by atomic mass is 9.83. The minimum absolute atomic E-state index is 0.200. The number of hydrogen-bond donors (Lipinski definition) is 0. The Labute approximate surface area is 178 Å². The summed E-state index contributed by atoms with van der Waals surface area (Å²) in [5, 5.41) is 0. The monoisotopic (exact) mass is 375 g/mol. The van der Waals surface area contributed by atoms with Crippen molar-refractivity contribution in [2.75, 3.05) is 0 Å². The van der Waals surface area contributed by atoms with E-state index in [1.165, 1.54) is 0 Å². The standard InChI is InChI=1S/C27H30N/c1-19-8-4-5-9-24(19)26-14-20(2)25(18-28(26)3)21-10-11-22-16-27(12-6-7-13-27)17-23(22)15-21/h4-5,8-11,14-15,18H,6-7,12-13,16-17H2,1-3H3/q+1/i2D3,16D2,17D2. The van der Waals surface area contributed by atoms with E-state index < -0.39 is 25.0 Å². The van der Waals surface area contributed by atoms with Crippen LogP contribution in [0.2, 0.25) is 0 Å². The van der Waals surface area contributed by atoms with Crippen LogP contribution in [0, 0.1) is 19.2 Å². The van der Waals surface area contributed by atoms with Gasteiger partial charge in [0.1, 0.15) is 7.05 Å². The molecule has 2 aliphatic carbocycles. The Morgan fingerprint density at radius 1 is 0.929 bits per heavy atom. The average Bonchev–Trinajstić information content (AvgIpc) is 3.34. The summed E-state index contributed by atoms with van der Waals surface area (Å²) in [6, 6.07) is 14.7. The van der Waals surface area contributed by atoms with Gasteiger partial charge in [0, 0.05) is 26.8 Å². The third-order valence-corrected chi connectivity index (χ3v) is 6.23. The van der Waals surface area contributed by atoms with Gasteiger partial charge in [-0.2, -0.15) is 0 Å². The van der Waals surface area contributed by atoms with Gasteiger partial charge in [-0.05, 0) is 78.7 Å². The number of pyridine rings is 1. The third kappa shape index (κ3) is 2.89. The maximum absolute atomic E-state index is 9.03. The summed E-state index contributed by atoms with van der Waals surface area (Å²) in [4.78, 5) is 0. The van der Waals surface area contributed by atoms with Crippen molar-refractivity contribution in [3.63, 3.8) is 0 Å². The highest BCUT2D eigenvalue weighted by Gasteiger charge is 2.39. The third-order valence-electron chi connectivity index (χ3n) is 6.23. The molecule has 3 aromatic rings. The second-order valence-electron chi connectivity index (χ2n) is 8.21. The molecular formula is C27H30N+. The number of hydrogen-bond acceptors (Lipinski definition) is 0. The fourth-order valence-electron chi connectivity index (χ4n) is 4.71. The van der Waals surface area contributed by atoms with Gasteiger partial charge in [0.2, 0.25) is 5.69 Å². The topological polar surface area (TPSA) is 3.88 Å². The minimum Gasteiger partial charge on any atom is -0.200 e. The maximum Gasteiger partial charge on any atom is 0.212 e. The van der Waals surface area contributed by atoms with Crippen LogP contribution >= 0.6 is 0 Å². The van der Waals surface area contributed by atoms with Crippen molar-refractivity contribution in [2.45, 2.75) is 52.2 Å². The summed E-state index contributed by atoms with van der Waals surface area (Å²) in [6.07, 6.45) is 0.859. The summed E-state index contributed by atoms with van der Waals surface area (Å²) >= 11 is 0. The van der Waals surface area contributed by atoms with Crippen molar-refractivity contribution in [2.24, 2.45) is 12.5 Å². The van der Waals surface area contributed by atoms with E-state index in [-0.39, 0.29) is 5.56 Å². The summed E-state index contributed by atoms with van der Waals surface area (Å²) in [6.45, 7) is -0.381. The molecule has 1 spiro atoms. The van der Waals surface area contributed by atoms with E-state index in [2.05, 4.69) is 0 Å². The smallest absolute Gasteiger partial charge is 0.200 e. The second-order valence-corrected chi connectivity index (χ2v) is 8.21. The Balaban J connectivity index is 1.71. The van der Waals surface area contributed by atoms with Crippen LogP contribution < -0.4 is 4.57 Å². The first-order chi connectivity index (χ1) is 16.3. The number of aromatic nitrogens is 1. The van der Waals surface area contributed by atoms with E-state index >= 15 is 0 Å². The molecule has 2 aliphatic rings. The van der Waals surface area contributed by atoms with Crippen molar-refractivity contribution in [3.05, 3.63) is 77.0 Å². The number of rotatable bonds is 2. The molecule has 1 saturated carbocycles. The summed E-state index contributed by atoms with van der Waals surface area (Å²) in [5.74, 6) is 0. The normalized spacial score (nSPS) is 25.0. The lowest BCUT2D eigenvalue weighted by Gasteiger charge is -2.21. The lowest BCUT2D eigenvalue weighted by molar-refractivity contribution is -0.660. The zero-order chi connectivity index (χ0) is 25.4. The first-order valence-electron chi connectivity index (χ1n) is 13.6. The van der Waals surface area contributed by atoms with E-state index in [1.54, 1.807) is 30.5 Å². The molecule has 28 heavy (non-hydrogen) atoms. The average molecular weight is 376 g/mol. The van der Waals surface area contributed by atoms with Crippen molar-refractivity contribution in [3.8, 4) is 22.4 Å². The van der Waals surface area contributed by atoms with Crippen LogP contribution in [0.3, 0.4) is 0 Å². The van der Waals surface area contributed by atoms with Crippen molar-refractivity contribution < 1.29 is 14.2 Å². The van der Waals surface area contributed by atoms with Gasteiger partial charge >= 0.3 is 0 Å². The highest BCUT2D eigenvalue weighted by molar-refractivity contribution is 5.70. The summed E-state index contributed by atoms with van der Waals surface area (Å²) < 4.78 is 62.5. The summed E-state index contributed by atoms with van der Waals surface area (Å²) in [7, 11) is 1.88.